The molecule has 3 aromatic rings. The Kier molecular flexibility index (Phi) is 5.79. The molecule has 0 spiro atoms. The molecule has 0 radical (unpaired) electrons. The van der Waals surface area contributed by atoms with E-state index in [1.54, 1.807) is 0 Å². The third-order valence-electron chi connectivity index (χ3n) is 3.92. The predicted molar refractivity (Wildman–Crippen MR) is 101 cm³/mol. The van der Waals surface area contributed by atoms with Crippen LogP contribution in [-0.2, 0) is 0 Å². The maximum absolute atomic E-state index is 12.6. The number of quaternary nitrogens is 1. The molecule has 1 heterocycles. The summed E-state index contributed by atoms with van der Waals surface area (Å²) in [5.74, 6) is 0. The molecule has 0 unspecified atom stereocenters. The van der Waals surface area contributed by atoms with Gasteiger partial charge in [-0.05, 0) is 31.2 Å². The van der Waals surface area contributed by atoms with Crippen molar-refractivity contribution in [3.05, 3.63) is 70.6 Å². The van der Waals surface area contributed by atoms with E-state index in [0.29, 0.717) is 15.9 Å². The second-order valence-electron chi connectivity index (χ2n) is 6.79. The lowest BCUT2D eigenvalue weighted by Crippen LogP contribution is -3.00. The van der Waals surface area contributed by atoms with E-state index in [4.69, 9.17) is 0 Å². The summed E-state index contributed by atoms with van der Waals surface area (Å²) in [5, 5.41) is 11.5. The van der Waals surface area contributed by atoms with Crippen molar-refractivity contribution in [3.8, 4) is 5.69 Å². The zero-order valence-corrected chi connectivity index (χ0v) is 16.0. The van der Waals surface area contributed by atoms with Crippen molar-refractivity contribution in [1.29, 1.82) is 0 Å². The normalized spacial score (nSPS) is 11.5. The molecule has 0 amide bonds. The molecule has 3 rings (SSSR count). The van der Waals surface area contributed by atoms with Crippen molar-refractivity contribution in [2.24, 2.45) is 10.2 Å². The molecule has 0 aliphatic rings. The van der Waals surface area contributed by atoms with E-state index in [-0.39, 0.29) is 18.0 Å². The predicted octanol–water partition coefficient (Wildman–Crippen LogP) is 1.09. The standard InChI is InChI=1S/C19H21N5O.ClH/c1-14-18(19(25)23(22-14)16-10-6-5-7-11-16)21-20-15-9-8-12-17(13-15)24(2,3)4;/h5-13H,1-4H3;1H. The number of hydrogen-bond acceptors (Lipinski definition) is 3. The Balaban J connectivity index is 0.00000243. The fourth-order valence-electron chi connectivity index (χ4n) is 2.49. The number of para-hydroxylation sites is 1. The minimum absolute atomic E-state index is 0. The van der Waals surface area contributed by atoms with Gasteiger partial charge in [0.1, 0.15) is 5.69 Å². The highest BCUT2D eigenvalue weighted by molar-refractivity contribution is 5.53. The number of aromatic nitrogens is 2. The van der Waals surface area contributed by atoms with Gasteiger partial charge in [-0.15, -0.1) is 5.11 Å². The second kappa shape index (κ2) is 7.68. The summed E-state index contributed by atoms with van der Waals surface area (Å²) in [6.45, 7) is 1.82. The molecule has 2 aromatic carbocycles. The number of hydrogen-bond donors (Lipinski definition) is 1. The zero-order valence-electron chi connectivity index (χ0n) is 15.3. The topological polar surface area (TPSA) is 62.5 Å². The van der Waals surface area contributed by atoms with Crippen molar-refractivity contribution in [3.63, 3.8) is 0 Å². The van der Waals surface area contributed by atoms with E-state index in [0.717, 1.165) is 17.1 Å². The summed E-state index contributed by atoms with van der Waals surface area (Å²) in [5.41, 5.74) is 3.39. The van der Waals surface area contributed by atoms with Gasteiger partial charge < -0.3 is 12.4 Å². The Bertz CT molecular complexity index is 968. The molecule has 0 saturated carbocycles. The van der Waals surface area contributed by atoms with E-state index < -0.39 is 0 Å². The maximum Gasteiger partial charge on any atom is 0.299 e. The van der Waals surface area contributed by atoms with E-state index in [1.165, 1.54) is 4.68 Å². The fraction of sp³-hybridized carbons (Fsp3) is 0.211. The van der Waals surface area contributed by atoms with Crippen molar-refractivity contribution in [2.75, 3.05) is 21.1 Å². The number of nitrogens with one attached hydrogen (secondary N) is 1. The molecule has 136 valence electrons. The molecule has 0 saturated heterocycles. The molecular formula is C19H22ClN5O. The number of aromatic amines is 1. The third kappa shape index (κ3) is 4.09. The Hall–Kier alpha value is -2.70. The largest absolute Gasteiger partial charge is 1.00 e. The average molecular weight is 372 g/mol. The van der Waals surface area contributed by atoms with Crippen LogP contribution in [0, 0.1) is 6.92 Å². The molecule has 0 aliphatic heterocycles. The number of benzene rings is 2. The average Bonchev–Trinajstić information content (AvgIpc) is 2.88. The van der Waals surface area contributed by atoms with Gasteiger partial charge in [-0.2, -0.15) is 5.11 Å². The van der Waals surface area contributed by atoms with Crippen molar-refractivity contribution in [2.45, 2.75) is 6.92 Å². The van der Waals surface area contributed by atoms with E-state index in [9.17, 15) is 4.79 Å². The number of azo groups is 1. The van der Waals surface area contributed by atoms with Crippen LogP contribution in [0.3, 0.4) is 0 Å². The van der Waals surface area contributed by atoms with Gasteiger partial charge in [-0.1, -0.05) is 24.3 Å². The first-order valence-corrected chi connectivity index (χ1v) is 8.07. The minimum atomic E-state index is -0.213. The van der Waals surface area contributed by atoms with Crippen LogP contribution in [0.5, 0.6) is 0 Å². The summed E-state index contributed by atoms with van der Waals surface area (Å²) in [6, 6.07) is 17.2. The lowest BCUT2D eigenvalue weighted by molar-refractivity contribution is -0.00000556. The molecule has 1 aromatic heterocycles. The first kappa shape index (κ1) is 19.6. The van der Waals surface area contributed by atoms with E-state index in [2.05, 4.69) is 36.5 Å². The van der Waals surface area contributed by atoms with Gasteiger partial charge in [-0.3, -0.25) is 14.4 Å². The molecule has 6 nitrogen and oxygen atoms in total. The zero-order chi connectivity index (χ0) is 18.0. The first-order chi connectivity index (χ1) is 11.9. The lowest BCUT2D eigenvalue weighted by atomic mass is 10.2. The summed E-state index contributed by atoms with van der Waals surface area (Å²) >= 11 is 0. The monoisotopic (exact) mass is 371 g/mol. The van der Waals surface area contributed by atoms with Crippen molar-refractivity contribution < 1.29 is 12.4 Å². The highest BCUT2D eigenvalue weighted by Crippen LogP contribution is 2.25. The molecule has 7 heteroatoms. The minimum Gasteiger partial charge on any atom is -1.00 e. The summed E-state index contributed by atoms with van der Waals surface area (Å²) in [4.78, 5) is 12.6. The quantitative estimate of drug-likeness (QED) is 0.541. The summed E-state index contributed by atoms with van der Waals surface area (Å²) in [7, 11) is 6.27. The number of H-pyrrole nitrogens is 1. The number of halogens is 1. The first-order valence-electron chi connectivity index (χ1n) is 8.07. The van der Waals surface area contributed by atoms with Gasteiger partial charge in [-0.25, -0.2) is 4.68 Å². The van der Waals surface area contributed by atoms with Gasteiger partial charge in [0.2, 0.25) is 0 Å². The van der Waals surface area contributed by atoms with Gasteiger partial charge in [0, 0.05) is 6.07 Å². The fourth-order valence-corrected chi connectivity index (χ4v) is 2.49. The lowest BCUT2D eigenvalue weighted by Gasteiger charge is -2.23. The van der Waals surface area contributed by atoms with Crippen LogP contribution < -0.4 is 22.4 Å². The Morgan fingerprint density at radius 2 is 1.65 bits per heavy atom. The molecule has 1 N–H and O–H groups in total. The summed E-state index contributed by atoms with van der Waals surface area (Å²) < 4.78 is 2.17. The molecule has 0 bridgehead atoms. The Morgan fingerprint density at radius 1 is 0.962 bits per heavy atom. The second-order valence-corrected chi connectivity index (χ2v) is 6.79. The molecule has 26 heavy (non-hydrogen) atoms. The smallest absolute Gasteiger partial charge is 0.299 e. The van der Waals surface area contributed by atoms with Crippen LogP contribution in [0.4, 0.5) is 17.1 Å². The Labute approximate surface area is 158 Å². The van der Waals surface area contributed by atoms with Crippen LogP contribution in [0.15, 0.2) is 69.6 Å². The van der Waals surface area contributed by atoms with Crippen LogP contribution >= 0.6 is 0 Å². The molecule has 0 aliphatic carbocycles. The number of aryl methyl sites for hydroxylation is 1. The number of rotatable bonds is 4. The summed E-state index contributed by atoms with van der Waals surface area (Å²) in [6.07, 6.45) is 0. The van der Waals surface area contributed by atoms with Gasteiger partial charge in [0.05, 0.1) is 38.2 Å². The van der Waals surface area contributed by atoms with Crippen molar-refractivity contribution in [1.82, 2.24) is 14.3 Å². The highest BCUT2D eigenvalue weighted by Gasteiger charge is 2.13. The van der Waals surface area contributed by atoms with E-state index in [1.807, 2.05) is 61.5 Å². The number of nitrogens with zero attached hydrogens (tertiary/aromatic N) is 4. The van der Waals surface area contributed by atoms with Crippen molar-refractivity contribution >= 4 is 17.1 Å². The van der Waals surface area contributed by atoms with Crippen LogP contribution in [0.1, 0.15) is 5.69 Å². The third-order valence-corrected chi connectivity index (χ3v) is 3.92. The SMILES string of the molecule is Cc1[nH]n(-c2ccccc2)c(=O)c1N=Nc1cccc([N+](C)(C)C)c1.[Cl-]. The van der Waals surface area contributed by atoms with Crippen LogP contribution in [0.25, 0.3) is 5.69 Å². The molecular weight excluding hydrogens is 350 g/mol. The van der Waals surface area contributed by atoms with Gasteiger partial charge in [0.15, 0.2) is 5.69 Å². The van der Waals surface area contributed by atoms with E-state index >= 15 is 0 Å². The van der Waals surface area contributed by atoms with Crippen LogP contribution in [-0.4, -0.2) is 30.9 Å². The van der Waals surface area contributed by atoms with Gasteiger partial charge in [0.25, 0.3) is 5.56 Å². The molecule has 0 fully saturated rings. The van der Waals surface area contributed by atoms with Gasteiger partial charge >= 0.3 is 0 Å². The maximum atomic E-state index is 12.6. The Morgan fingerprint density at radius 3 is 2.31 bits per heavy atom. The molecule has 0 atom stereocenters. The highest BCUT2D eigenvalue weighted by atomic mass is 35.5. The van der Waals surface area contributed by atoms with Crippen LogP contribution in [0.2, 0.25) is 0 Å².